The van der Waals surface area contributed by atoms with Crippen LogP contribution in [0.3, 0.4) is 0 Å². The normalized spacial score (nSPS) is 10.9. The highest BCUT2D eigenvalue weighted by Gasteiger charge is 2.07. The van der Waals surface area contributed by atoms with Crippen molar-refractivity contribution in [2.75, 3.05) is 0 Å². The second-order valence-corrected chi connectivity index (χ2v) is 5.81. The van der Waals surface area contributed by atoms with E-state index in [1.165, 1.54) is 6.33 Å². The summed E-state index contributed by atoms with van der Waals surface area (Å²) in [6.45, 7) is 2.02. The first-order valence-corrected chi connectivity index (χ1v) is 7.22. The zero-order valence-electron chi connectivity index (χ0n) is 11.4. The van der Waals surface area contributed by atoms with E-state index in [2.05, 4.69) is 16.1 Å². The minimum atomic E-state index is -0.821. The molecule has 0 fully saturated rings. The van der Waals surface area contributed by atoms with E-state index in [-0.39, 0.29) is 6.42 Å². The lowest BCUT2D eigenvalue weighted by Crippen LogP contribution is -1.99. The van der Waals surface area contributed by atoms with Crippen LogP contribution < -0.4 is 0 Å². The molecule has 0 saturated heterocycles. The molecule has 1 aromatic carbocycles. The smallest absolute Gasteiger partial charge is 0.307 e. The van der Waals surface area contributed by atoms with Crippen molar-refractivity contribution in [3.05, 3.63) is 53.9 Å². The second-order valence-electron chi connectivity index (χ2n) is 4.72. The number of nitrogens with zero attached hydrogens (tertiary/aromatic N) is 3. The second kappa shape index (κ2) is 5.57. The van der Waals surface area contributed by atoms with Crippen molar-refractivity contribution < 1.29 is 9.90 Å². The number of aliphatic carboxylic acids is 1. The summed E-state index contributed by atoms with van der Waals surface area (Å²) in [7, 11) is 0. The highest BCUT2D eigenvalue weighted by atomic mass is 32.2. The van der Waals surface area contributed by atoms with E-state index in [9.17, 15) is 4.79 Å². The standard InChI is InChI=1S/C15H13N3O2S/c1-10-6-13-16-9-17-18(13)14(7-10)21-12-4-2-11(3-5-12)8-15(19)20/h2-7,9H,8H2,1H3,(H,19,20). The summed E-state index contributed by atoms with van der Waals surface area (Å²) in [5.74, 6) is -0.821. The van der Waals surface area contributed by atoms with Gasteiger partial charge in [0, 0.05) is 4.90 Å². The molecule has 0 aliphatic carbocycles. The Morgan fingerprint density at radius 2 is 2.05 bits per heavy atom. The Labute approximate surface area is 125 Å². The average molecular weight is 299 g/mol. The zero-order valence-corrected chi connectivity index (χ0v) is 12.2. The molecule has 0 aliphatic rings. The highest BCUT2D eigenvalue weighted by Crippen LogP contribution is 2.28. The maximum atomic E-state index is 10.7. The molecule has 106 valence electrons. The molecule has 2 heterocycles. The third-order valence-electron chi connectivity index (χ3n) is 2.99. The Hall–Kier alpha value is -2.34. The van der Waals surface area contributed by atoms with Gasteiger partial charge >= 0.3 is 5.97 Å². The van der Waals surface area contributed by atoms with Gasteiger partial charge < -0.3 is 5.11 Å². The van der Waals surface area contributed by atoms with E-state index in [1.807, 2.05) is 37.3 Å². The number of carboxylic acids is 1. The first-order valence-electron chi connectivity index (χ1n) is 6.41. The van der Waals surface area contributed by atoms with Gasteiger partial charge in [-0.25, -0.2) is 9.50 Å². The molecule has 0 amide bonds. The zero-order chi connectivity index (χ0) is 14.8. The molecule has 21 heavy (non-hydrogen) atoms. The first kappa shape index (κ1) is 13.6. The molecule has 0 aliphatic heterocycles. The summed E-state index contributed by atoms with van der Waals surface area (Å²) >= 11 is 1.58. The Bertz CT molecular complexity index is 796. The summed E-state index contributed by atoms with van der Waals surface area (Å²) in [6, 6.07) is 11.6. The fourth-order valence-electron chi connectivity index (χ4n) is 2.06. The van der Waals surface area contributed by atoms with Crippen molar-refractivity contribution in [2.24, 2.45) is 0 Å². The number of carbonyl (C=O) groups is 1. The summed E-state index contributed by atoms with van der Waals surface area (Å²) < 4.78 is 1.79. The maximum absolute atomic E-state index is 10.7. The molecule has 5 nitrogen and oxygen atoms in total. The van der Waals surface area contributed by atoms with Gasteiger partial charge in [0.25, 0.3) is 0 Å². The van der Waals surface area contributed by atoms with Gasteiger partial charge in [0.05, 0.1) is 6.42 Å². The van der Waals surface area contributed by atoms with Crippen LogP contribution in [0.5, 0.6) is 0 Å². The molecule has 0 unspecified atom stereocenters. The van der Waals surface area contributed by atoms with Gasteiger partial charge in [0.1, 0.15) is 11.4 Å². The molecule has 6 heteroatoms. The summed E-state index contributed by atoms with van der Waals surface area (Å²) in [5, 5.41) is 14.0. The summed E-state index contributed by atoms with van der Waals surface area (Å²) in [6.07, 6.45) is 1.58. The number of aromatic nitrogens is 3. The quantitative estimate of drug-likeness (QED) is 0.802. The van der Waals surface area contributed by atoms with Crippen LogP contribution in [-0.2, 0) is 11.2 Å². The summed E-state index contributed by atoms with van der Waals surface area (Å²) in [4.78, 5) is 15.9. The van der Waals surface area contributed by atoms with Gasteiger partial charge in [-0.1, -0.05) is 23.9 Å². The van der Waals surface area contributed by atoms with E-state index in [0.717, 1.165) is 26.7 Å². The van der Waals surface area contributed by atoms with Crippen molar-refractivity contribution in [1.82, 2.24) is 14.6 Å². The molecular formula is C15H13N3O2S. The Kier molecular flexibility index (Phi) is 3.62. The van der Waals surface area contributed by atoms with E-state index >= 15 is 0 Å². The predicted molar refractivity (Wildman–Crippen MR) is 79.6 cm³/mol. The molecule has 0 atom stereocenters. The van der Waals surface area contributed by atoms with Crippen LogP contribution >= 0.6 is 11.8 Å². The van der Waals surface area contributed by atoms with Gasteiger partial charge in [-0.2, -0.15) is 5.10 Å². The third-order valence-corrected chi connectivity index (χ3v) is 4.00. The van der Waals surface area contributed by atoms with Crippen molar-refractivity contribution in [2.45, 2.75) is 23.3 Å². The van der Waals surface area contributed by atoms with Crippen LogP contribution in [0.2, 0.25) is 0 Å². The predicted octanol–water partition coefficient (Wildman–Crippen LogP) is 2.82. The third kappa shape index (κ3) is 3.05. The number of benzene rings is 1. The van der Waals surface area contributed by atoms with Crippen molar-refractivity contribution in [3.63, 3.8) is 0 Å². The van der Waals surface area contributed by atoms with E-state index in [0.29, 0.717) is 0 Å². The SMILES string of the molecule is Cc1cc(Sc2ccc(CC(=O)O)cc2)n2ncnc2c1. The van der Waals surface area contributed by atoms with Crippen LogP contribution in [0.1, 0.15) is 11.1 Å². The number of pyridine rings is 1. The number of hydrogen-bond acceptors (Lipinski definition) is 4. The van der Waals surface area contributed by atoms with Crippen LogP contribution in [0, 0.1) is 6.92 Å². The monoisotopic (exact) mass is 299 g/mol. The van der Waals surface area contributed by atoms with E-state index in [4.69, 9.17) is 5.11 Å². The minimum absolute atomic E-state index is 0.0444. The van der Waals surface area contributed by atoms with Crippen LogP contribution in [0.15, 0.2) is 52.6 Å². The topological polar surface area (TPSA) is 67.5 Å². The van der Waals surface area contributed by atoms with Gasteiger partial charge in [0.2, 0.25) is 0 Å². The number of hydrogen-bond donors (Lipinski definition) is 1. The van der Waals surface area contributed by atoms with Gasteiger partial charge in [0.15, 0.2) is 5.65 Å². The van der Waals surface area contributed by atoms with Gasteiger partial charge in [-0.3, -0.25) is 4.79 Å². The molecule has 3 rings (SSSR count). The van der Waals surface area contributed by atoms with Crippen molar-refractivity contribution >= 4 is 23.4 Å². The Morgan fingerprint density at radius 3 is 2.76 bits per heavy atom. The van der Waals surface area contributed by atoms with Crippen LogP contribution in [-0.4, -0.2) is 25.7 Å². The highest BCUT2D eigenvalue weighted by molar-refractivity contribution is 7.99. The lowest BCUT2D eigenvalue weighted by molar-refractivity contribution is -0.136. The molecule has 0 saturated carbocycles. The maximum Gasteiger partial charge on any atom is 0.307 e. The fraction of sp³-hybridized carbons (Fsp3) is 0.133. The number of carboxylic acid groups (broad SMARTS) is 1. The van der Waals surface area contributed by atoms with Crippen molar-refractivity contribution in [1.29, 1.82) is 0 Å². The molecule has 1 N–H and O–H groups in total. The van der Waals surface area contributed by atoms with Crippen LogP contribution in [0.4, 0.5) is 0 Å². The van der Waals surface area contributed by atoms with Crippen LogP contribution in [0.25, 0.3) is 5.65 Å². The van der Waals surface area contributed by atoms with E-state index < -0.39 is 5.97 Å². The van der Waals surface area contributed by atoms with Crippen molar-refractivity contribution in [3.8, 4) is 0 Å². The fourth-order valence-corrected chi connectivity index (χ4v) is 3.05. The Balaban J connectivity index is 1.88. The minimum Gasteiger partial charge on any atom is -0.481 e. The number of aryl methyl sites for hydroxylation is 1. The van der Waals surface area contributed by atoms with Gasteiger partial charge in [-0.15, -0.1) is 0 Å². The lowest BCUT2D eigenvalue weighted by atomic mass is 10.2. The average Bonchev–Trinajstić information content (AvgIpc) is 2.88. The molecule has 3 aromatic rings. The van der Waals surface area contributed by atoms with Gasteiger partial charge in [-0.05, 0) is 42.3 Å². The first-order chi connectivity index (χ1) is 10.1. The lowest BCUT2D eigenvalue weighted by Gasteiger charge is -2.06. The molecule has 0 radical (unpaired) electrons. The summed E-state index contributed by atoms with van der Waals surface area (Å²) in [5.41, 5.74) is 2.74. The van der Waals surface area contributed by atoms with E-state index in [1.54, 1.807) is 16.3 Å². The molecular weight excluding hydrogens is 286 g/mol. The number of rotatable bonds is 4. The largest absolute Gasteiger partial charge is 0.481 e. The number of fused-ring (bicyclic) bond motifs is 1. The molecule has 0 bridgehead atoms. The molecule has 2 aromatic heterocycles. The molecule has 0 spiro atoms. The Morgan fingerprint density at radius 1 is 1.29 bits per heavy atom.